The first-order chi connectivity index (χ1) is 9.55. The van der Waals surface area contributed by atoms with E-state index in [0.717, 1.165) is 37.7 Å². The molecule has 1 aromatic carbocycles. The van der Waals surface area contributed by atoms with Gasteiger partial charge in [0.2, 0.25) is 5.91 Å². The molecule has 0 saturated heterocycles. The summed E-state index contributed by atoms with van der Waals surface area (Å²) in [7, 11) is 0. The van der Waals surface area contributed by atoms with E-state index in [9.17, 15) is 9.59 Å². The molecule has 2 aliphatic carbocycles. The Balaban J connectivity index is 1.63. The van der Waals surface area contributed by atoms with E-state index in [0.29, 0.717) is 6.54 Å². The molecule has 1 amide bonds. The predicted molar refractivity (Wildman–Crippen MR) is 76.2 cm³/mol. The summed E-state index contributed by atoms with van der Waals surface area (Å²) in [4.78, 5) is 23.7. The Hall–Kier alpha value is -1.68. The van der Waals surface area contributed by atoms with Crippen LogP contribution in [0.5, 0.6) is 0 Å². The molecule has 2 aliphatic rings. The SMILES string of the molecule is NC(=O)C12CCC(NCC(=O)c3ccccc3)(CC1)C2. The summed E-state index contributed by atoms with van der Waals surface area (Å²) in [6, 6.07) is 9.30. The Morgan fingerprint density at radius 2 is 1.75 bits per heavy atom. The van der Waals surface area contributed by atoms with E-state index in [2.05, 4.69) is 5.32 Å². The number of ketones is 1. The Labute approximate surface area is 118 Å². The highest BCUT2D eigenvalue weighted by Crippen LogP contribution is 2.56. The van der Waals surface area contributed by atoms with Gasteiger partial charge in [0.05, 0.1) is 12.0 Å². The zero-order chi connectivity index (χ0) is 14.2. The fourth-order valence-electron chi connectivity index (χ4n) is 3.78. The first-order valence-corrected chi connectivity index (χ1v) is 7.19. The number of hydrogen-bond donors (Lipinski definition) is 2. The molecule has 4 heteroatoms. The Morgan fingerprint density at radius 3 is 2.30 bits per heavy atom. The van der Waals surface area contributed by atoms with Crippen LogP contribution in [0.2, 0.25) is 0 Å². The van der Waals surface area contributed by atoms with Crippen molar-refractivity contribution in [2.75, 3.05) is 6.54 Å². The lowest BCUT2D eigenvalue weighted by Gasteiger charge is -2.27. The van der Waals surface area contributed by atoms with Crippen molar-refractivity contribution in [3.8, 4) is 0 Å². The lowest BCUT2D eigenvalue weighted by Crippen LogP contribution is -2.43. The van der Waals surface area contributed by atoms with Gasteiger partial charge in [0.15, 0.2) is 5.78 Å². The number of hydrogen-bond acceptors (Lipinski definition) is 3. The minimum absolute atomic E-state index is 0.0561. The number of Topliss-reactive ketones (excluding diaryl/α,β-unsaturated/α-hetero) is 1. The van der Waals surface area contributed by atoms with Gasteiger partial charge in [-0.05, 0) is 32.1 Å². The van der Waals surface area contributed by atoms with Crippen LogP contribution < -0.4 is 11.1 Å². The number of rotatable bonds is 5. The Bertz CT molecular complexity index is 531. The summed E-state index contributed by atoms with van der Waals surface area (Å²) in [6.07, 6.45) is 4.39. The largest absolute Gasteiger partial charge is 0.369 e. The van der Waals surface area contributed by atoms with Crippen molar-refractivity contribution in [3.05, 3.63) is 35.9 Å². The van der Waals surface area contributed by atoms with Gasteiger partial charge in [0.25, 0.3) is 0 Å². The van der Waals surface area contributed by atoms with Crippen LogP contribution in [0.4, 0.5) is 0 Å². The van der Waals surface area contributed by atoms with Gasteiger partial charge >= 0.3 is 0 Å². The number of nitrogens with two attached hydrogens (primary N) is 1. The molecule has 4 nitrogen and oxygen atoms in total. The number of primary amides is 1. The molecule has 106 valence electrons. The highest BCUT2D eigenvalue weighted by atomic mass is 16.1. The molecule has 2 fully saturated rings. The lowest BCUT2D eigenvalue weighted by molar-refractivity contribution is -0.127. The van der Waals surface area contributed by atoms with Crippen LogP contribution in [0.25, 0.3) is 0 Å². The molecule has 3 N–H and O–H groups in total. The monoisotopic (exact) mass is 272 g/mol. The predicted octanol–water partition coefficient (Wildman–Crippen LogP) is 1.65. The minimum Gasteiger partial charge on any atom is -0.369 e. The standard InChI is InChI=1S/C16H20N2O2/c17-14(20)15-6-8-16(11-15,9-7-15)18-10-13(19)12-4-2-1-3-5-12/h1-5,18H,6-11H2,(H2,17,20). The second kappa shape index (κ2) is 4.70. The maximum absolute atomic E-state index is 12.1. The third-order valence-corrected chi connectivity index (χ3v) is 5.08. The summed E-state index contributed by atoms with van der Waals surface area (Å²) in [6.45, 7) is 0.332. The second-order valence-electron chi connectivity index (χ2n) is 6.24. The van der Waals surface area contributed by atoms with Crippen LogP contribution in [-0.2, 0) is 4.79 Å². The van der Waals surface area contributed by atoms with Crippen molar-refractivity contribution < 1.29 is 9.59 Å². The maximum atomic E-state index is 12.1. The van der Waals surface area contributed by atoms with Crippen molar-refractivity contribution >= 4 is 11.7 Å². The molecular formula is C16H20N2O2. The molecule has 0 aliphatic heterocycles. The fraction of sp³-hybridized carbons (Fsp3) is 0.500. The van der Waals surface area contributed by atoms with Gasteiger partial charge in [-0.15, -0.1) is 0 Å². The van der Waals surface area contributed by atoms with Gasteiger partial charge in [0.1, 0.15) is 0 Å². The molecule has 0 spiro atoms. The molecule has 20 heavy (non-hydrogen) atoms. The summed E-state index contributed by atoms with van der Waals surface area (Å²) in [5.41, 5.74) is 5.90. The quantitative estimate of drug-likeness (QED) is 0.800. The zero-order valence-corrected chi connectivity index (χ0v) is 11.5. The number of carbonyl (C=O) groups is 2. The van der Waals surface area contributed by atoms with Gasteiger partial charge in [-0.1, -0.05) is 30.3 Å². The topological polar surface area (TPSA) is 72.2 Å². The number of fused-ring (bicyclic) bond motifs is 2. The molecule has 0 unspecified atom stereocenters. The van der Waals surface area contributed by atoms with E-state index in [1.165, 1.54) is 0 Å². The number of nitrogens with one attached hydrogen (secondary N) is 1. The molecule has 0 heterocycles. The molecule has 3 rings (SSSR count). The van der Waals surface area contributed by atoms with Crippen LogP contribution in [0, 0.1) is 5.41 Å². The summed E-state index contributed by atoms with van der Waals surface area (Å²) in [5.74, 6) is -0.0727. The van der Waals surface area contributed by atoms with Crippen molar-refractivity contribution in [2.45, 2.75) is 37.6 Å². The van der Waals surface area contributed by atoms with E-state index in [1.54, 1.807) is 0 Å². The molecule has 2 saturated carbocycles. The van der Waals surface area contributed by atoms with E-state index >= 15 is 0 Å². The van der Waals surface area contributed by atoms with Gasteiger partial charge in [-0.3, -0.25) is 9.59 Å². The van der Waals surface area contributed by atoms with Crippen LogP contribution in [0.3, 0.4) is 0 Å². The molecule has 0 aromatic heterocycles. The highest BCUT2D eigenvalue weighted by molar-refractivity contribution is 5.97. The van der Waals surface area contributed by atoms with Crippen molar-refractivity contribution in [1.29, 1.82) is 0 Å². The Morgan fingerprint density at radius 1 is 1.10 bits per heavy atom. The van der Waals surface area contributed by atoms with Crippen LogP contribution in [-0.4, -0.2) is 23.8 Å². The highest BCUT2D eigenvalue weighted by Gasteiger charge is 2.57. The van der Waals surface area contributed by atoms with Gasteiger partial charge < -0.3 is 11.1 Å². The first kappa shape index (κ1) is 13.3. The first-order valence-electron chi connectivity index (χ1n) is 7.19. The summed E-state index contributed by atoms with van der Waals surface area (Å²) in [5, 5.41) is 3.41. The number of amides is 1. The molecule has 0 atom stereocenters. The minimum atomic E-state index is -0.317. The molecule has 1 aromatic rings. The van der Waals surface area contributed by atoms with Gasteiger partial charge in [0, 0.05) is 11.1 Å². The normalized spacial score (nSPS) is 31.4. The lowest BCUT2D eigenvalue weighted by atomic mass is 9.83. The van der Waals surface area contributed by atoms with Crippen LogP contribution >= 0.6 is 0 Å². The maximum Gasteiger partial charge on any atom is 0.223 e. The van der Waals surface area contributed by atoms with E-state index in [4.69, 9.17) is 5.73 Å². The van der Waals surface area contributed by atoms with Gasteiger partial charge in [-0.2, -0.15) is 0 Å². The average molecular weight is 272 g/mol. The summed E-state index contributed by atoms with van der Waals surface area (Å²) >= 11 is 0. The molecule has 2 bridgehead atoms. The van der Waals surface area contributed by atoms with E-state index < -0.39 is 0 Å². The van der Waals surface area contributed by atoms with Crippen LogP contribution in [0.15, 0.2) is 30.3 Å². The van der Waals surface area contributed by atoms with Crippen molar-refractivity contribution in [3.63, 3.8) is 0 Å². The fourth-order valence-corrected chi connectivity index (χ4v) is 3.78. The molecular weight excluding hydrogens is 252 g/mol. The smallest absolute Gasteiger partial charge is 0.223 e. The number of carbonyl (C=O) groups excluding carboxylic acids is 2. The Kier molecular flexibility index (Phi) is 3.13. The van der Waals surface area contributed by atoms with E-state index in [-0.39, 0.29) is 22.6 Å². The van der Waals surface area contributed by atoms with Crippen molar-refractivity contribution in [2.24, 2.45) is 11.1 Å². The summed E-state index contributed by atoms with van der Waals surface area (Å²) < 4.78 is 0. The zero-order valence-electron chi connectivity index (χ0n) is 11.5. The van der Waals surface area contributed by atoms with E-state index in [1.807, 2.05) is 30.3 Å². The number of benzene rings is 1. The van der Waals surface area contributed by atoms with Gasteiger partial charge in [-0.25, -0.2) is 0 Å². The third kappa shape index (κ3) is 2.14. The average Bonchev–Trinajstić information content (AvgIpc) is 3.04. The third-order valence-electron chi connectivity index (χ3n) is 5.08. The van der Waals surface area contributed by atoms with Crippen molar-refractivity contribution in [1.82, 2.24) is 5.32 Å². The molecule has 0 radical (unpaired) electrons. The second-order valence-corrected chi connectivity index (χ2v) is 6.24. The van der Waals surface area contributed by atoms with Crippen LogP contribution in [0.1, 0.15) is 42.5 Å².